The van der Waals surface area contributed by atoms with Crippen molar-refractivity contribution < 1.29 is 23.7 Å². The average molecular weight is 434 g/mol. The number of methoxy groups -OCH3 is 2. The molecular weight excluding hydrogens is 416 g/mol. The molecule has 5 heteroatoms. The number of carbonyl (C=O) groups is 1. The Morgan fingerprint density at radius 2 is 1.39 bits per heavy atom. The van der Waals surface area contributed by atoms with Crippen LogP contribution in [0, 0.1) is 36.0 Å². The Morgan fingerprint density at radius 3 is 2.06 bits per heavy atom. The second-order valence-electron chi connectivity index (χ2n) is 6.92. The van der Waals surface area contributed by atoms with E-state index < -0.39 is 5.97 Å². The number of benzene rings is 3. The number of esters is 1. The molecule has 3 aromatic carbocycles. The van der Waals surface area contributed by atoms with Gasteiger partial charge in [-0.25, -0.2) is 4.79 Å². The van der Waals surface area contributed by atoms with E-state index in [4.69, 9.17) is 25.4 Å². The van der Waals surface area contributed by atoms with Crippen LogP contribution in [0.25, 0.3) is 0 Å². The number of terminal acetylenes is 1. The summed E-state index contributed by atoms with van der Waals surface area (Å²) in [6.07, 6.45) is 5.62. The Balaban J connectivity index is 1.62. The van der Waals surface area contributed by atoms with E-state index in [0.29, 0.717) is 33.9 Å². The molecule has 0 spiro atoms. The molecule has 0 N–H and O–H groups in total. The normalized spacial score (nSPS) is 10.7. The van der Waals surface area contributed by atoms with Crippen molar-refractivity contribution in [3.63, 3.8) is 0 Å². The van der Waals surface area contributed by atoms with Crippen LogP contribution in [-0.4, -0.2) is 27.0 Å². The first-order valence-corrected chi connectivity index (χ1v) is 9.91. The molecule has 0 amide bonds. The second kappa shape index (κ2) is 9.56. The van der Waals surface area contributed by atoms with Crippen molar-refractivity contribution in [3.05, 3.63) is 88.0 Å². The molecule has 0 fully saturated rings. The van der Waals surface area contributed by atoms with Crippen LogP contribution >= 0.6 is 0 Å². The van der Waals surface area contributed by atoms with Crippen LogP contribution in [0.3, 0.4) is 0 Å². The number of ether oxygens (including phenoxy) is 4. The second-order valence-corrected chi connectivity index (χ2v) is 6.92. The van der Waals surface area contributed by atoms with E-state index in [0.717, 1.165) is 16.7 Å². The summed E-state index contributed by atoms with van der Waals surface area (Å²) < 4.78 is 20.8. The predicted molar refractivity (Wildman–Crippen MR) is 123 cm³/mol. The molecule has 0 saturated carbocycles. The smallest absolute Gasteiger partial charge is 0.341 e. The molecule has 0 radical (unpaired) electrons. The molecule has 1 aliphatic rings. The highest BCUT2D eigenvalue weighted by molar-refractivity contribution is 5.92. The van der Waals surface area contributed by atoms with Crippen molar-refractivity contribution in [2.24, 2.45) is 0 Å². The molecule has 1 heterocycles. The molecule has 0 bridgehead atoms. The van der Waals surface area contributed by atoms with E-state index in [1.807, 2.05) is 36.4 Å². The van der Waals surface area contributed by atoms with Crippen LogP contribution in [-0.2, 0) is 4.74 Å². The van der Waals surface area contributed by atoms with Gasteiger partial charge in [-0.05, 0) is 54.6 Å². The monoisotopic (exact) mass is 434 g/mol. The summed E-state index contributed by atoms with van der Waals surface area (Å²) in [6, 6.07) is 16.1. The van der Waals surface area contributed by atoms with Crippen molar-refractivity contribution in [1.82, 2.24) is 0 Å². The third-order valence-corrected chi connectivity index (χ3v) is 4.78. The van der Waals surface area contributed by atoms with Gasteiger partial charge in [-0.2, -0.15) is 0 Å². The molecule has 0 aromatic heterocycles. The maximum Gasteiger partial charge on any atom is 0.341 e. The van der Waals surface area contributed by atoms with E-state index in [2.05, 4.69) is 29.6 Å². The lowest BCUT2D eigenvalue weighted by atomic mass is 10.0. The average Bonchev–Trinajstić information content (AvgIpc) is 3.33. The lowest BCUT2D eigenvalue weighted by Crippen LogP contribution is -2.04. The highest BCUT2D eigenvalue weighted by atomic mass is 16.7. The van der Waals surface area contributed by atoms with Crippen LogP contribution < -0.4 is 14.2 Å². The summed E-state index contributed by atoms with van der Waals surface area (Å²) in [7, 11) is 2.81. The summed E-state index contributed by atoms with van der Waals surface area (Å²) in [5.74, 6) is 16.4. The number of hydrogen-bond donors (Lipinski definition) is 0. The third kappa shape index (κ3) is 4.93. The zero-order valence-corrected chi connectivity index (χ0v) is 18.0. The Hall–Kier alpha value is -4.79. The van der Waals surface area contributed by atoms with Crippen LogP contribution in [0.5, 0.6) is 17.2 Å². The van der Waals surface area contributed by atoms with Crippen LogP contribution in [0.1, 0.15) is 38.2 Å². The van der Waals surface area contributed by atoms with Gasteiger partial charge in [-0.15, -0.1) is 6.42 Å². The summed E-state index contributed by atoms with van der Waals surface area (Å²) >= 11 is 0. The molecule has 3 aromatic rings. The SMILES string of the molecule is C#Cc1cc(C#Cc2ccc3c(c2)OCO3)cc(C#Cc2ccc(C(=O)OC)c(OC)c2)c1. The molecule has 0 unspecified atom stereocenters. The van der Waals surface area contributed by atoms with Crippen LogP contribution in [0.2, 0.25) is 0 Å². The summed E-state index contributed by atoms with van der Waals surface area (Å²) in [6.45, 7) is 0.218. The molecular formula is C28H18O5. The topological polar surface area (TPSA) is 54.0 Å². The fraction of sp³-hybridized carbons (Fsp3) is 0.107. The van der Waals surface area contributed by atoms with Crippen molar-refractivity contribution in [1.29, 1.82) is 0 Å². The number of carbonyl (C=O) groups excluding carboxylic acids is 1. The first kappa shape index (κ1) is 21.4. The van der Waals surface area contributed by atoms with E-state index in [9.17, 15) is 4.79 Å². The zero-order valence-electron chi connectivity index (χ0n) is 18.0. The van der Waals surface area contributed by atoms with Gasteiger partial charge in [0.25, 0.3) is 0 Å². The molecule has 1 aliphatic heterocycles. The van der Waals surface area contributed by atoms with E-state index in [-0.39, 0.29) is 6.79 Å². The first-order chi connectivity index (χ1) is 16.1. The Morgan fingerprint density at radius 1 is 0.788 bits per heavy atom. The molecule has 160 valence electrons. The van der Waals surface area contributed by atoms with Crippen molar-refractivity contribution in [2.75, 3.05) is 21.0 Å². The van der Waals surface area contributed by atoms with Gasteiger partial charge in [-0.3, -0.25) is 0 Å². The van der Waals surface area contributed by atoms with Gasteiger partial charge in [0, 0.05) is 27.8 Å². The lowest BCUT2D eigenvalue weighted by Gasteiger charge is -2.06. The molecule has 33 heavy (non-hydrogen) atoms. The van der Waals surface area contributed by atoms with Gasteiger partial charge in [0.2, 0.25) is 6.79 Å². The van der Waals surface area contributed by atoms with Gasteiger partial charge in [-0.1, -0.05) is 29.6 Å². The fourth-order valence-electron chi connectivity index (χ4n) is 3.17. The maximum absolute atomic E-state index is 11.8. The quantitative estimate of drug-likeness (QED) is 0.451. The maximum atomic E-state index is 11.8. The minimum atomic E-state index is -0.473. The largest absolute Gasteiger partial charge is 0.496 e. The Labute approximate surface area is 192 Å². The van der Waals surface area contributed by atoms with E-state index in [1.165, 1.54) is 14.2 Å². The van der Waals surface area contributed by atoms with Gasteiger partial charge < -0.3 is 18.9 Å². The standard InChI is InChI=1S/C28H18O5/c1-4-19-13-22(7-5-20-9-11-24(28(29)31-3)26(16-20)30-2)15-23(14-19)8-6-21-10-12-25-27(17-21)33-18-32-25/h1,9-17H,18H2,2-3H3. The number of hydrogen-bond acceptors (Lipinski definition) is 5. The van der Waals surface area contributed by atoms with Gasteiger partial charge >= 0.3 is 5.97 Å². The van der Waals surface area contributed by atoms with Crippen LogP contribution in [0.4, 0.5) is 0 Å². The van der Waals surface area contributed by atoms with Crippen LogP contribution in [0.15, 0.2) is 54.6 Å². The minimum Gasteiger partial charge on any atom is -0.496 e. The molecule has 4 rings (SSSR count). The molecule has 0 aliphatic carbocycles. The van der Waals surface area contributed by atoms with E-state index in [1.54, 1.807) is 18.2 Å². The van der Waals surface area contributed by atoms with Crippen molar-refractivity contribution in [2.45, 2.75) is 0 Å². The van der Waals surface area contributed by atoms with Gasteiger partial charge in [0.1, 0.15) is 11.3 Å². The highest BCUT2D eigenvalue weighted by Gasteiger charge is 2.13. The zero-order chi connectivity index (χ0) is 23.2. The van der Waals surface area contributed by atoms with Gasteiger partial charge in [0.15, 0.2) is 11.5 Å². The first-order valence-electron chi connectivity index (χ1n) is 9.91. The predicted octanol–water partition coefficient (Wildman–Crippen LogP) is 3.99. The third-order valence-electron chi connectivity index (χ3n) is 4.78. The fourth-order valence-corrected chi connectivity index (χ4v) is 3.17. The Bertz CT molecular complexity index is 1400. The summed E-state index contributed by atoms with van der Waals surface area (Å²) in [5, 5.41) is 0. The number of rotatable bonds is 2. The Kier molecular flexibility index (Phi) is 6.21. The van der Waals surface area contributed by atoms with Gasteiger partial charge in [0.05, 0.1) is 14.2 Å². The number of fused-ring (bicyclic) bond motifs is 1. The van der Waals surface area contributed by atoms with E-state index >= 15 is 0 Å². The molecule has 0 saturated heterocycles. The summed E-state index contributed by atoms with van der Waals surface area (Å²) in [4.78, 5) is 11.8. The summed E-state index contributed by atoms with van der Waals surface area (Å²) in [5.41, 5.74) is 3.95. The molecule has 5 nitrogen and oxygen atoms in total. The molecule has 0 atom stereocenters. The van der Waals surface area contributed by atoms with Crippen molar-refractivity contribution in [3.8, 4) is 53.3 Å². The minimum absolute atomic E-state index is 0.218. The lowest BCUT2D eigenvalue weighted by molar-refractivity contribution is 0.0597. The highest BCUT2D eigenvalue weighted by Crippen LogP contribution is 2.32. The van der Waals surface area contributed by atoms with Crippen molar-refractivity contribution >= 4 is 5.97 Å².